The maximum Gasteiger partial charge on any atom is 0.275 e. The maximum atomic E-state index is 12.1. The molecule has 7 heteroatoms. The van der Waals surface area contributed by atoms with Gasteiger partial charge in [0, 0.05) is 35.4 Å². The van der Waals surface area contributed by atoms with E-state index in [1.807, 2.05) is 30.3 Å². The first-order valence-corrected chi connectivity index (χ1v) is 9.48. The van der Waals surface area contributed by atoms with Crippen LogP contribution in [0.25, 0.3) is 10.9 Å². The largest absolute Gasteiger partial charge is 0.497 e. The molecule has 2 aromatic carbocycles. The van der Waals surface area contributed by atoms with Crippen LogP contribution < -0.4 is 15.8 Å². The Kier molecular flexibility index (Phi) is 5.14. The summed E-state index contributed by atoms with van der Waals surface area (Å²) in [6.45, 7) is 2.80. The summed E-state index contributed by atoms with van der Waals surface area (Å²) in [5.74, 6) is 6.87. The number of H-pyrrole nitrogens is 1. The highest BCUT2D eigenvalue weighted by Crippen LogP contribution is 2.31. The van der Waals surface area contributed by atoms with Crippen molar-refractivity contribution in [3.63, 3.8) is 0 Å². The molecule has 0 aliphatic rings. The number of nitrogens with two attached hydrogens (primary N) is 1. The SMILES string of the molecule is CCn1c(C#Cc2ccc(NC(=O)c3c[nH]cn3)cc2)c(N)c2ccc(OC)cc21. The highest BCUT2D eigenvalue weighted by atomic mass is 16.5. The van der Waals surface area contributed by atoms with Crippen LogP contribution in [0.3, 0.4) is 0 Å². The number of aryl methyl sites for hydroxylation is 1. The Balaban J connectivity index is 1.60. The number of rotatable bonds is 4. The van der Waals surface area contributed by atoms with Crippen molar-refractivity contribution in [2.45, 2.75) is 13.5 Å². The van der Waals surface area contributed by atoms with Gasteiger partial charge < -0.3 is 25.3 Å². The number of aromatic amines is 1. The number of nitrogen functional groups attached to an aromatic ring is 1. The van der Waals surface area contributed by atoms with Crippen LogP contribution in [0.5, 0.6) is 5.75 Å². The predicted octanol–water partition coefficient (Wildman–Crippen LogP) is 3.63. The second-order valence-electron chi connectivity index (χ2n) is 6.63. The number of carbonyl (C=O) groups excluding carboxylic acids is 1. The van der Waals surface area contributed by atoms with Crippen LogP contribution in [0, 0.1) is 11.8 Å². The van der Waals surface area contributed by atoms with Gasteiger partial charge in [-0.3, -0.25) is 4.79 Å². The van der Waals surface area contributed by atoms with Gasteiger partial charge in [0.15, 0.2) is 0 Å². The molecule has 0 saturated heterocycles. The number of benzene rings is 2. The number of ether oxygens (including phenoxy) is 1. The molecule has 4 N–H and O–H groups in total. The topological polar surface area (TPSA) is 98.0 Å². The van der Waals surface area contributed by atoms with Crippen LogP contribution in [0.4, 0.5) is 11.4 Å². The molecule has 2 heterocycles. The van der Waals surface area contributed by atoms with Gasteiger partial charge in [0.1, 0.15) is 17.1 Å². The van der Waals surface area contributed by atoms with Gasteiger partial charge >= 0.3 is 0 Å². The van der Waals surface area contributed by atoms with E-state index < -0.39 is 0 Å². The predicted molar refractivity (Wildman–Crippen MR) is 118 cm³/mol. The van der Waals surface area contributed by atoms with Crippen LogP contribution in [-0.4, -0.2) is 27.6 Å². The molecule has 0 aliphatic heterocycles. The number of methoxy groups -OCH3 is 1. The Bertz CT molecular complexity index is 1260. The van der Waals surface area contributed by atoms with Crippen molar-refractivity contribution in [3.05, 3.63) is 71.9 Å². The lowest BCUT2D eigenvalue weighted by molar-refractivity contribution is 0.102. The van der Waals surface area contributed by atoms with Gasteiger partial charge in [0.2, 0.25) is 0 Å². The Labute approximate surface area is 173 Å². The molecule has 4 rings (SSSR count). The number of fused-ring (bicyclic) bond motifs is 1. The summed E-state index contributed by atoms with van der Waals surface area (Å²) in [6.07, 6.45) is 3.01. The average Bonchev–Trinajstić information content (AvgIpc) is 3.40. The number of hydrogen-bond donors (Lipinski definition) is 3. The number of aromatic nitrogens is 3. The lowest BCUT2D eigenvalue weighted by Gasteiger charge is -2.05. The summed E-state index contributed by atoms with van der Waals surface area (Å²) in [7, 11) is 1.64. The third-order valence-corrected chi connectivity index (χ3v) is 4.83. The van der Waals surface area contributed by atoms with Crippen LogP contribution in [0.1, 0.15) is 28.7 Å². The maximum absolute atomic E-state index is 12.1. The smallest absolute Gasteiger partial charge is 0.275 e. The number of amides is 1. The Morgan fingerprint density at radius 1 is 1.23 bits per heavy atom. The van der Waals surface area contributed by atoms with Crippen LogP contribution >= 0.6 is 0 Å². The third-order valence-electron chi connectivity index (χ3n) is 4.83. The molecule has 2 aromatic heterocycles. The zero-order valence-corrected chi connectivity index (χ0v) is 16.7. The summed E-state index contributed by atoms with van der Waals surface area (Å²) in [4.78, 5) is 18.8. The molecule has 0 fully saturated rings. The van der Waals surface area contributed by atoms with Crippen molar-refractivity contribution in [1.29, 1.82) is 0 Å². The van der Waals surface area contributed by atoms with Gasteiger partial charge in [-0.1, -0.05) is 5.92 Å². The van der Waals surface area contributed by atoms with Gasteiger partial charge in [0.05, 0.1) is 24.6 Å². The summed E-state index contributed by atoms with van der Waals surface area (Å²) in [6, 6.07) is 13.1. The van der Waals surface area contributed by atoms with Gasteiger partial charge in [-0.25, -0.2) is 4.98 Å². The number of hydrogen-bond acceptors (Lipinski definition) is 4. The Morgan fingerprint density at radius 2 is 2.03 bits per heavy atom. The highest BCUT2D eigenvalue weighted by molar-refractivity contribution is 6.02. The summed E-state index contributed by atoms with van der Waals surface area (Å²) in [5.41, 5.74) is 10.6. The van der Waals surface area contributed by atoms with E-state index in [1.165, 1.54) is 6.33 Å². The number of nitrogens with one attached hydrogen (secondary N) is 2. The Morgan fingerprint density at radius 3 is 2.70 bits per heavy atom. The molecular formula is C23H21N5O2. The molecule has 4 aromatic rings. The van der Waals surface area contributed by atoms with Crippen LogP contribution in [0.2, 0.25) is 0 Å². The second-order valence-corrected chi connectivity index (χ2v) is 6.63. The molecular weight excluding hydrogens is 378 g/mol. The minimum absolute atomic E-state index is 0.272. The van der Waals surface area contributed by atoms with Gasteiger partial charge in [-0.2, -0.15) is 0 Å². The fourth-order valence-corrected chi connectivity index (χ4v) is 3.29. The lowest BCUT2D eigenvalue weighted by Crippen LogP contribution is -2.12. The number of imidazole rings is 1. The normalized spacial score (nSPS) is 10.5. The minimum Gasteiger partial charge on any atom is -0.497 e. The first-order valence-electron chi connectivity index (χ1n) is 9.48. The van der Waals surface area contributed by atoms with Crippen molar-refractivity contribution in [3.8, 4) is 17.6 Å². The van der Waals surface area contributed by atoms with E-state index in [4.69, 9.17) is 10.5 Å². The average molecular weight is 399 g/mol. The molecule has 0 spiro atoms. The lowest BCUT2D eigenvalue weighted by atomic mass is 10.2. The molecule has 1 amide bonds. The van der Waals surface area contributed by atoms with E-state index >= 15 is 0 Å². The quantitative estimate of drug-likeness (QED) is 0.457. The molecule has 0 bridgehead atoms. The first kappa shape index (κ1) is 19.2. The van der Waals surface area contributed by atoms with Crippen LogP contribution in [0.15, 0.2) is 55.0 Å². The van der Waals surface area contributed by atoms with Gasteiger partial charge in [0.25, 0.3) is 5.91 Å². The summed E-state index contributed by atoms with van der Waals surface area (Å²) < 4.78 is 7.42. The van der Waals surface area contributed by atoms with Crippen molar-refractivity contribution < 1.29 is 9.53 Å². The molecule has 7 nitrogen and oxygen atoms in total. The second kappa shape index (κ2) is 8.05. The first-order chi connectivity index (χ1) is 14.6. The zero-order valence-electron chi connectivity index (χ0n) is 16.7. The van der Waals surface area contributed by atoms with Gasteiger partial charge in [-0.05, 0) is 49.2 Å². The fraction of sp³-hybridized carbons (Fsp3) is 0.130. The molecule has 0 unspecified atom stereocenters. The van der Waals surface area contributed by atoms with E-state index in [0.717, 1.165) is 34.5 Å². The number of carbonyl (C=O) groups is 1. The van der Waals surface area contributed by atoms with Crippen molar-refractivity contribution in [1.82, 2.24) is 14.5 Å². The summed E-state index contributed by atoms with van der Waals surface area (Å²) >= 11 is 0. The number of nitrogens with zero attached hydrogens (tertiary/aromatic N) is 2. The van der Waals surface area contributed by atoms with E-state index in [9.17, 15) is 4.79 Å². The molecule has 0 aliphatic carbocycles. The zero-order chi connectivity index (χ0) is 21.1. The molecule has 150 valence electrons. The van der Waals surface area contributed by atoms with E-state index in [0.29, 0.717) is 17.1 Å². The van der Waals surface area contributed by atoms with E-state index in [2.05, 4.69) is 38.6 Å². The Hall–Kier alpha value is -4.18. The number of anilines is 2. The minimum atomic E-state index is -0.272. The van der Waals surface area contributed by atoms with Gasteiger partial charge in [-0.15, -0.1) is 0 Å². The van der Waals surface area contributed by atoms with E-state index in [1.54, 1.807) is 25.4 Å². The molecule has 0 atom stereocenters. The fourth-order valence-electron chi connectivity index (χ4n) is 3.29. The monoisotopic (exact) mass is 399 g/mol. The third kappa shape index (κ3) is 3.59. The molecule has 0 radical (unpaired) electrons. The summed E-state index contributed by atoms with van der Waals surface area (Å²) in [5, 5.41) is 3.75. The highest BCUT2D eigenvalue weighted by Gasteiger charge is 2.13. The van der Waals surface area contributed by atoms with Crippen LogP contribution in [-0.2, 0) is 6.54 Å². The van der Waals surface area contributed by atoms with Crippen molar-refractivity contribution in [2.75, 3.05) is 18.2 Å². The van der Waals surface area contributed by atoms with E-state index in [-0.39, 0.29) is 5.91 Å². The molecule has 30 heavy (non-hydrogen) atoms. The standard InChI is InChI=1S/C23H21N5O2/c1-3-28-20(22(24)18-10-9-17(30-2)12-21(18)28)11-6-15-4-7-16(8-5-15)27-23(29)19-13-25-14-26-19/h4-5,7-10,12-14H,3,24H2,1-2H3,(H,25,26)(H,27,29). The molecule has 0 saturated carbocycles. The van der Waals surface area contributed by atoms with Crippen molar-refractivity contribution in [2.24, 2.45) is 0 Å². The van der Waals surface area contributed by atoms with Crippen molar-refractivity contribution >= 4 is 28.2 Å².